The van der Waals surface area contributed by atoms with Gasteiger partial charge in [-0.15, -0.1) is 11.3 Å². The number of pyridine rings is 1. The maximum absolute atomic E-state index is 13.6. The van der Waals surface area contributed by atoms with Gasteiger partial charge in [0.05, 0.1) is 30.3 Å². The lowest BCUT2D eigenvalue weighted by atomic mass is 10.0. The van der Waals surface area contributed by atoms with Crippen LogP contribution in [-0.2, 0) is 15.7 Å². The van der Waals surface area contributed by atoms with E-state index < -0.39 is 23.8 Å². The number of alkyl halides is 3. The summed E-state index contributed by atoms with van der Waals surface area (Å²) in [4.78, 5) is 35.4. The van der Waals surface area contributed by atoms with Gasteiger partial charge in [-0.25, -0.2) is 14.8 Å². The van der Waals surface area contributed by atoms with Crippen LogP contribution in [0.25, 0.3) is 27.2 Å². The van der Waals surface area contributed by atoms with Crippen LogP contribution in [0.2, 0.25) is 0 Å². The second kappa shape index (κ2) is 12.5. The van der Waals surface area contributed by atoms with Crippen LogP contribution in [0.1, 0.15) is 33.8 Å². The van der Waals surface area contributed by atoms with Gasteiger partial charge in [0.15, 0.2) is 4.88 Å². The predicted molar refractivity (Wildman–Crippen MR) is 161 cm³/mol. The fraction of sp³-hybridized carbons (Fsp3) is 0.226. The standard InChI is InChI=1S/C31H28F3N5O4S/c1-18(21-7-5-6-8-22(21)31(32,33)34)43-25-15-28(44-29(25)30(41)42-4)39-17-36-23-13-19(9-10-24(23)39)20-11-12-35-26(14-20)37-27(40)16-38(2)3/h5-15,17-18H,16H2,1-4H3,(H,35,37,40). The molecule has 0 aliphatic carbocycles. The Labute approximate surface area is 254 Å². The summed E-state index contributed by atoms with van der Waals surface area (Å²) in [5.41, 5.74) is 2.18. The first-order chi connectivity index (χ1) is 20.9. The maximum Gasteiger partial charge on any atom is 0.416 e. The van der Waals surface area contributed by atoms with Gasteiger partial charge in [0, 0.05) is 17.8 Å². The molecule has 1 atom stereocenters. The Bertz CT molecular complexity index is 1830. The molecule has 5 rings (SSSR count). The molecule has 44 heavy (non-hydrogen) atoms. The molecule has 13 heteroatoms. The van der Waals surface area contributed by atoms with Crippen molar-refractivity contribution in [2.45, 2.75) is 19.2 Å². The van der Waals surface area contributed by atoms with Gasteiger partial charge in [0.2, 0.25) is 5.91 Å². The molecule has 228 valence electrons. The molecule has 3 heterocycles. The number of benzene rings is 2. The average molecular weight is 624 g/mol. The van der Waals surface area contributed by atoms with Gasteiger partial charge < -0.3 is 19.7 Å². The van der Waals surface area contributed by atoms with Crippen molar-refractivity contribution in [3.05, 3.63) is 89.2 Å². The SMILES string of the molecule is COC(=O)c1sc(-n2cnc3cc(-c4ccnc(NC(=O)CN(C)C)c4)ccc32)cc1OC(C)c1ccccc1C(F)(F)F. The Hall–Kier alpha value is -4.75. The Kier molecular flexibility index (Phi) is 8.70. The van der Waals surface area contributed by atoms with Crippen LogP contribution in [0.5, 0.6) is 5.75 Å². The highest BCUT2D eigenvalue weighted by Gasteiger charge is 2.35. The molecular formula is C31H28F3N5O4S. The average Bonchev–Trinajstić information content (AvgIpc) is 3.59. The molecule has 2 aromatic carbocycles. The summed E-state index contributed by atoms with van der Waals surface area (Å²) in [6.07, 6.45) is -2.38. The van der Waals surface area contributed by atoms with Gasteiger partial charge in [-0.05, 0) is 62.5 Å². The molecule has 1 unspecified atom stereocenters. The molecule has 0 saturated heterocycles. The van der Waals surface area contributed by atoms with E-state index >= 15 is 0 Å². The molecule has 3 aromatic heterocycles. The van der Waals surface area contributed by atoms with Crippen LogP contribution in [0.3, 0.4) is 0 Å². The lowest BCUT2D eigenvalue weighted by Gasteiger charge is -2.19. The molecule has 0 aliphatic rings. The van der Waals surface area contributed by atoms with Crippen LogP contribution < -0.4 is 10.1 Å². The highest BCUT2D eigenvalue weighted by atomic mass is 32.1. The van der Waals surface area contributed by atoms with Gasteiger partial charge >= 0.3 is 12.1 Å². The first-order valence-corrected chi connectivity index (χ1v) is 14.2. The number of amides is 1. The number of esters is 1. The van der Waals surface area contributed by atoms with Crippen LogP contribution in [0.15, 0.2) is 73.2 Å². The second-order valence-electron chi connectivity index (χ2n) is 10.1. The normalized spacial score (nSPS) is 12.4. The molecule has 0 radical (unpaired) electrons. The number of rotatable bonds is 9. The van der Waals surface area contributed by atoms with Crippen molar-refractivity contribution in [2.24, 2.45) is 0 Å². The van der Waals surface area contributed by atoms with Crippen LogP contribution >= 0.6 is 11.3 Å². The van der Waals surface area contributed by atoms with Gasteiger partial charge in [0.25, 0.3) is 0 Å². The predicted octanol–water partition coefficient (Wildman–Crippen LogP) is 6.59. The number of nitrogens with one attached hydrogen (secondary N) is 1. The van der Waals surface area contributed by atoms with E-state index in [4.69, 9.17) is 9.47 Å². The minimum Gasteiger partial charge on any atom is -0.484 e. The quantitative estimate of drug-likeness (QED) is 0.185. The van der Waals surface area contributed by atoms with E-state index in [9.17, 15) is 22.8 Å². The van der Waals surface area contributed by atoms with Crippen molar-refractivity contribution in [3.63, 3.8) is 0 Å². The third-order valence-electron chi connectivity index (χ3n) is 6.67. The molecule has 0 saturated carbocycles. The first kappa shape index (κ1) is 30.7. The lowest BCUT2D eigenvalue weighted by Crippen LogP contribution is -2.27. The number of halogens is 3. The monoisotopic (exact) mass is 623 g/mol. The number of aromatic nitrogens is 3. The number of carbonyl (C=O) groups excluding carboxylic acids is 2. The van der Waals surface area contributed by atoms with Crippen molar-refractivity contribution in [3.8, 4) is 21.9 Å². The van der Waals surface area contributed by atoms with E-state index in [0.717, 1.165) is 34.0 Å². The minimum absolute atomic E-state index is 0.0549. The molecule has 0 spiro atoms. The number of hydrogen-bond donors (Lipinski definition) is 1. The number of likely N-dealkylation sites (N-methyl/N-ethyl adjacent to an activating group) is 1. The summed E-state index contributed by atoms with van der Waals surface area (Å²) in [5.74, 6) is -0.335. The van der Waals surface area contributed by atoms with Gasteiger partial charge in [0.1, 0.15) is 29.0 Å². The van der Waals surface area contributed by atoms with Crippen molar-refractivity contribution in [1.82, 2.24) is 19.4 Å². The van der Waals surface area contributed by atoms with Crippen LogP contribution in [0, 0.1) is 0 Å². The Morgan fingerprint density at radius 1 is 1.05 bits per heavy atom. The summed E-state index contributed by atoms with van der Waals surface area (Å²) in [6.45, 7) is 1.72. The molecule has 1 amide bonds. The number of methoxy groups -OCH3 is 1. The number of imidazole rings is 1. The highest BCUT2D eigenvalue weighted by Crippen LogP contribution is 2.40. The molecule has 9 nitrogen and oxygen atoms in total. The van der Waals surface area contributed by atoms with E-state index in [1.54, 1.807) is 48.2 Å². The fourth-order valence-corrected chi connectivity index (χ4v) is 5.68. The maximum atomic E-state index is 13.6. The topological polar surface area (TPSA) is 98.6 Å². The zero-order valence-electron chi connectivity index (χ0n) is 24.2. The summed E-state index contributed by atoms with van der Waals surface area (Å²) < 4.78 is 53.6. The van der Waals surface area contributed by atoms with Crippen molar-refractivity contribution >= 4 is 40.1 Å². The molecule has 0 aliphatic heterocycles. The second-order valence-corrected chi connectivity index (χ2v) is 11.2. The van der Waals surface area contributed by atoms with Crippen molar-refractivity contribution in [2.75, 3.05) is 33.1 Å². The Morgan fingerprint density at radius 2 is 1.80 bits per heavy atom. The molecule has 5 aromatic rings. The van der Waals surface area contributed by atoms with E-state index in [-0.39, 0.29) is 28.6 Å². The number of thiophene rings is 1. The Balaban J connectivity index is 1.45. The first-order valence-electron chi connectivity index (χ1n) is 13.4. The van der Waals surface area contributed by atoms with Crippen LogP contribution in [0.4, 0.5) is 19.0 Å². The molecular weight excluding hydrogens is 595 g/mol. The number of hydrogen-bond acceptors (Lipinski definition) is 8. The molecule has 0 bridgehead atoms. The zero-order chi connectivity index (χ0) is 31.6. The minimum atomic E-state index is -4.56. The van der Waals surface area contributed by atoms with E-state index in [2.05, 4.69) is 15.3 Å². The van der Waals surface area contributed by atoms with Gasteiger partial charge in [-0.1, -0.05) is 24.3 Å². The zero-order valence-corrected chi connectivity index (χ0v) is 25.0. The van der Waals surface area contributed by atoms with E-state index in [1.165, 1.54) is 32.2 Å². The van der Waals surface area contributed by atoms with Crippen molar-refractivity contribution < 1.29 is 32.2 Å². The number of nitrogens with zero attached hydrogens (tertiary/aromatic N) is 4. The third-order valence-corrected chi connectivity index (χ3v) is 7.76. The van der Waals surface area contributed by atoms with Gasteiger partial charge in [-0.3, -0.25) is 9.36 Å². The number of fused-ring (bicyclic) bond motifs is 1. The Morgan fingerprint density at radius 3 is 2.52 bits per heavy atom. The van der Waals surface area contributed by atoms with Gasteiger partial charge in [-0.2, -0.15) is 13.2 Å². The summed E-state index contributed by atoms with van der Waals surface area (Å²) in [6, 6.07) is 16.0. The van der Waals surface area contributed by atoms with E-state index in [1.807, 2.05) is 24.3 Å². The highest BCUT2D eigenvalue weighted by molar-refractivity contribution is 7.16. The summed E-state index contributed by atoms with van der Waals surface area (Å²) in [5, 5.41) is 3.34. The third kappa shape index (κ3) is 6.58. The van der Waals surface area contributed by atoms with Crippen LogP contribution in [-0.4, -0.2) is 59.1 Å². The smallest absolute Gasteiger partial charge is 0.416 e. The number of ether oxygens (including phenoxy) is 2. The largest absolute Gasteiger partial charge is 0.484 e. The molecule has 1 N–H and O–H groups in total. The lowest BCUT2D eigenvalue weighted by molar-refractivity contribution is -0.139. The van der Waals surface area contributed by atoms with E-state index in [0.29, 0.717) is 16.3 Å². The number of anilines is 1. The summed E-state index contributed by atoms with van der Waals surface area (Å²) in [7, 11) is 4.83. The number of carbonyl (C=O) groups is 2. The fourth-order valence-electron chi connectivity index (χ4n) is 4.68. The molecule has 0 fully saturated rings. The summed E-state index contributed by atoms with van der Waals surface area (Å²) >= 11 is 1.07. The van der Waals surface area contributed by atoms with Crippen molar-refractivity contribution in [1.29, 1.82) is 0 Å².